The van der Waals surface area contributed by atoms with Crippen molar-refractivity contribution in [3.8, 4) is 0 Å². The number of amides is 1. The van der Waals surface area contributed by atoms with Crippen LogP contribution in [0.5, 0.6) is 0 Å². The Labute approximate surface area is 134 Å². The Morgan fingerprint density at radius 2 is 2.00 bits per heavy atom. The molecule has 0 aliphatic heterocycles. The number of halogens is 2. The molecular formula is C17H18ClFN2O. The van der Waals surface area contributed by atoms with Crippen LogP contribution in [0.15, 0.2) is 48.5 Å². The van der Waals surface area contributed by atoms with Crippen molar-refractivity contribution < 1.29 is 9.18 Å². The summed E-state index contributed by atoms with van der Waals surface area (Å²) in [7, 11) is 1.85. The van der Waals surface area contributed by atoms with Crippen LogP contribution in [-0.4, -0.2) is 24.4 Å². The largest absolute Gasteiger partial charge is 0.325 e. The third-order valence-electron chi connectivity index (χ3n) is 3.52. The number of anilines is 1. The number of nitrogens with one attached hydrogen (secondary N) is 1. The Morgan fingerprint density at radius 1 is 1.27 bits per heavy atom. The summed E-state index contributed by atoms with van der Waals surface area (Å²) in [6, 6.07) is 13.4. The van der Waals surface area contributed by atoms with Crippen LogP contribution >= 0.6 is 11.6 Å². The van der Waals surface area contributed by atoms with E-state index in [1.807, 2.05) is 43.1 Å². The molecule has 0 bridgehead atoms. The second-order valence-electron chi connectivity index (χ2n) is 5.17. The Morgan fingerprint density at radius 3 is 2.68 bits per heavy atom. The van der Waals surface area contributed by atoms with E-state index < -0.39 is 0 Å². The van der Waals surface area contributed by atoms with E-state index in [9.17, 15) is 9.18 Å². The van der Waals surface area contributed by atoms with Gasteiger partial charge in [0.15, 0.2) is 0 Å². The average Bonchev–Trinajstić information content (AvgIpc) is 2.46. The van der Waals surface area contributed by atoms with Gasteiger partial charge < -0.3 is 5.32 Å². The third-order valence-corrected chi connectivity index (χ3v) is 3.86. The number of likely N-dealkylation sites (N-methyl/N-ethyl adjacent to an activating group) is 1. The average molecular weight is 321 g/mol. The van der Waals surface area contributed by atoms with Crippen molar-refractivity contribution in [2.45, 2.75) is 13.0 Å². The summed E-state index contributed by atoms with van der Waals surface area (Å²) in [4.78, 5) is 13.9. The van der Waals surface area contributed by atoms with Gasteiger partial charge in [-0.15, -0.1) is 0 Å². The quantitative estimate of drug-likeness (QED) is 0.899. The van der Waals surface area contributed by atoms with Crippen LogP contribution in [0, 0.1) is 5.82 Å². The van der Waals surface area contributed by atoms with Crippen molar-refractivity contribution in [3.63, 3.8) is 0 Å². The molecular weight excluding hydrogens is 303 g/mol. The zero-order valence-corrected chi connectivity index (χ0v) is 13.3. The molecule has 0 fully saturated rings. The molecule has 0 aliphatic carbocycles. The van der Waals surface area contributed by atoms with E-state index in [2.05, 4.69) is 5.32 Å². The topological polar surface area (TPSA) is 32.3 Å². The predicted molar refractivity (Wildman–Crippen MR) is 87.5 cm³/mol. The molecule has 116 valence electrons. The van der Waals surface area contributed by atoms with Gasteiger partial charge in [-0.3, -0.25) is 9.69 Å². The number of carbonyl (C=O) groups is 1. The maximum atomic E-state index is 13.1. The number of benzene rings is 2. The minimum Gasteiger partial charge on any atom is -0.325 e. The van der Waals surface area contributed by atoms with Gasteiger partial charge in [-0.2, -0.15) is 0 Å². The molecule has 0 aromatic heterocycles. The van der Waals surface area contributed by atoms with Crippen LogP contribution in [0.1, 0.15) is 18.5 Å². The fourth-order valence-electron chi connectivity index (χ4n) is 2.18. The summed E-state index contributed by atoms with van der Waals surface area (Å²) in [5.41, 5.74) is 1.41. The summed E-state index contributed by atoms with van der Waals surface area (Å²) in [5.74, 6) is -0.581. The van der Waals surface area contributed by atoms with Gasteiger partial charge in [0.05, 0.1) is 6.54 Å². The number of carbonyl (C=O) groups excluding carboxylic acids is 1. The molecule has 0 saturated carbocycles. The first kappa shape index (κ1) is 16.5. The maximum absolute atomic E-state index is 13.1. The molecule has 2 aromatic carbocycles. The van der Waals surface area contributed by atoms with Gasteiger partial charge >= 0.3 is 0 Å². The van der Waals surface area contributed by atoms with Crippen LogP contribution < -0.4 is 5.32 Å². The molecule has 0 saturated heterocycles. The highest BCUT2D eigenvalue weighted by molar-refractivity contribution is 6.31. The van der Waals surface area contributed by atoms with Gasteiger partial charge in [-0.05, 0) is 43.8 Å². The molecule has 2 aromatic rings. The van der Waals surface area contributed by atoms with Gasteiger partial charge in [0.1, 0.15) is 5.82 Å². The van der Waals surface area contributed by atoms with Crippen molar-refractivity contribution in [1.82, 2.24) is 4.90 Å². The first-order valence-electron chi connectivity index (χ1n) is 6.97. The Kier molecular flexibility index (Phi) is 5.52. The molecule has 1 atom stereocenters. The normalized spacial score (nSPS) is 12.2. The van der Waals surface area contributed by atoms with Crippen LogP contribution in [-0.2, 0) is 4.79 Å². The number of hydrogen-bond donors (Lipinski definition) is 1. The second-order valence-corrected chi connectivity index (χ2v) is 5.58. The Hall–Kier alpha value is -1.91. The van der Waals surface area contributed by atoms with Gasteiger partial charge in [0.2, 0.25) is 5.91 Å². The number of nitrogens with zero attached hydrogens (tertiary/aromatic N) is 1. The Bertz CT molecular complexity index is 663. The summed E-state index contributed by atoms with van der Waals surface area (Å²) in [6.45, 7) is 2.17. The minimum atomic E-state index is -0.379. The fourth-order valence-corrected chi connectivity index (χ4v) is 2.48. The number of rotatable bonds is 5. The fraction of sp³-hybridized carbons (Fsp3) is 0.235. The zero-order valence-electron chi connectivity index (χ0n) is 12.5. The monoisotopic (exact) mass is 320 g/mol. The molecule has 5 heteroatoms. The molecule has 0 spiro atoms. The predicted octanol–water partition coefficient (Wildman–Crippen LogP) is 4.11. The van der Waals surface area contributed by atoms with Gasteiger partial charge in [-0.1, -0.05) is 35.9 Å². The summed E-state index contributed by atoms with van der Waals surface area (Å²) < 4.78 is 13.1. The van der Waals surface area contributed by atoms with Gasteiger partial charge in [0, 0.05) is 16.8 Å². The lowest BCUT2D eigenvalue weighted by molar-refractivity contribution is -0.117. The van der Waals surface area contributed by atoms with Crippen LogP contribution in [0.25, 0.3) is 0 Å². The highest BCUT2D eigenvalue weighted by atomic mass is 35.5. The lowest BCUT2D eigenvalue weighted by Crippen LogP contribution is -2.32. The SMILES string of the molecule is C[C@H](c1ccccc1Cl)N(C)CC(=O)Nc1cccc(F)c1. The summed E-state index contributed by atoms with van der Waals surface area (Å²) in [5, 5.41) is 3.35. The minimum absolute atomic E-state index is 0.00744. The van der Waals surface area contributed by atoms with Crippen LogP contribution in [0.4, 0.5) is 10.1 Å². The number of hydrogen-bond acceptors (Lipinski definition) is 2. The van der Waals surface area contributed by atoms with Crippen molar-refractivity contribution in [1.29, 1.82) is 0 Å². The smallest absolute Gasteiger partial charge is 0.238 e. The maximum Gasteiger partial charge on any atom is 0.238 e. The highest BCUT2D eigenvalue weighted by Gasteiger charge is 2.17. The first-order valence-corrected chi connectivity index (χ1v) is 7.35. The molecule has 1 N–H and O–H groups in total. The van der Waals surface area contributed by atoms with Crippen molar-refractivity contribution in [2.75, 3.05) is 18.9 Å². The highest BCUT2D eigenvalue weighted by Crippen LogP contribution is 2.25. The molecule has 0 heterocycles. The van der Waals surface area contributed by atoms with E-state index in [0.29, 0.717) is 10.7 Å². The van der Waals surface area contributed by atoms with E-state index in [4.69, 9.17) is 11.6 Å². The standard InChI is InChI=1S/C17H18ClFN2O/c1-12(15-8-3-4-9-16(15)18)21(2)11-17(22)20-14-7-5-6-13(19)10-14/h3-10,12H,11H2,1-2H3,(H,20,22)/t12-/m1/s1. The lowest BCUT2D eigenvalue weighted by Gasteiger charge is -2.25. The molecule has 2 rings (SSSR count). The molecule has 0 radical (unpaired) electrons. The zero-order chi connectivity index (χ0) is 16.1. The third kappa shape index (κ3) is 4.29. The summed E-state index contributed by atoms with van der Waals surface area (Å²) in [6.07, 6.45) is 0. The van der Waals surface area contributed by atoms with Crippen LogP contribution in [0.2, 0.25) is 5.02 Å². The van der Waals surface area contributed by atoms with Crippen molar-refractivity contribution >= 4 is 23.2 Å². The molecule has 3 nitrogen and oxygen atoms in total. The molecule has 0 unspecified atom stereocenters. The molecule has 22 heavy (non-hydrogen) atoms. The van der Waals surface area contributed by atoms with Crippen molar-refractivity contribution in [3.05, 3.63) is 64.9 Å². The molecule has 1 amide bonds. The van der Waals surface area contributed by atoms with E-state index in [0.717, 1.165) is 5.56 Å². The molecule has 0 aliphatic rings. The first-order chi connectivity index (χ1) is 10.5. The summed E-state index contributed by atoms with van der Waals surface area (Å²) >= 11 is 6.18. The second kappa shape index (κ2) is 7.38. The van der Waals surface area contributed by atoms with E-state index in [-0.39, 0.29) is 24.3 Å². The van der Waals surface area contributed by atoms with Gasteiger partial charge in [0.25, 0.3) is 0 Å². The Balaban J connectivity index is 1.98. The van der Waals surface area contributed by atoms with E-state index >= 15 is 0 Å². The van der Waals surface area contributed by atoms with Crippen molar-refractivity contribution in [2.24, 2.45) is 0 Å². The van der Waals surface area contributed by atoms with Gasteiger partial charge in [-0.25, -0.2) is 4.39 Å². The van der Waals surface area contributed by atoms with Crippen LogP contribution in [0.3, 0.4) is 0 Å². The van der Waals surface area contributed by atoms with E-state index in [1.54, 1.807) is 12.1 Å². The van der Waals surface area contributed by atoms with E-state index in [1.165, 1.54) is 12.1 Å². The lowest BCUT2D eigenvalue weighted by atomic mass is 10.1.